The van der Waals surface area contributed by atoms with Crippen LogP contribution in [0.1, 0.15) is 41.0 Å². The SMILES string of the molecule is Cc1nn(-c2ccccc2)c(C)c1C(=O)C(=O)Nc1ccccc1S(=O)(=O)N1CCCCC1. The number of nitrogens with zero attached hydrogens (tertiary/aromatic N) is 3. The van der Waals surface area contributed by atoms with Gasteiger partial charge in [-0.25, -0.2) is 13.1 Å². The van der Waals surface area contributed by atoms with E-state index in [0.29, 0.717) is 24.5 Å². The molecule has 2 heterocycles. The van der Waals surface area contributed by atoms with Gasteiger partial charge in [-0.1, -0.05) is 36.8 Å². The Morgan fingerprint density at radius 2 is 1.55 bits per heavy atom. The predicted molar refractivity (Wildman–Crippen MR) is 125 cm³/mol. The number of piperidine rings is 1. The highest BCUT2D eigenvalue weighted by Gasteiger charge is 2.30. The summed E-state index contributed by atoms with van der Waals surface area (Å²) < 4.78 is 29.4. The third kappa shape index (κ3) is 4.46. The van der Waals surface area contributed by atoms with Gasteiger partial charge in [0.25, 0.3) is 11.7 Å². The number of ketones is 1. The number of para-hydroxylation sites is 2. The van der Waals surface area contributed by atoms with Crippen molar-refractivity contribution in [1.29, 1.82) is 0 Å². The zero-order valence-corrected chi connectivity index (χ0v) is 19.4. The summed E-state index contributed by atoms with van der Waals surface area (Å²) in [6.45, 7) is 4.28. The zero-order valence-electron chi connectivity index (χ0n) is 18.6. The number of carbonyl (C=O) groups is 2. The van der Waals surface area contributed by atoms with Crippen LogP contribution in [-0.2, 0) is 14.8 Å². The van der Waals surface area contributed by atoms with Crippen LogP contribution in [0, 0.1) is 13.8 Å². The van der Waals surface area contributed by atoms with Gasteiger partial charge in [-0.05, 0) is 51.0 Å². The van der Waals surface area contributed by atoms with E-state index in [9.17, 15) is 18.0 Å². The van der Waals surface area contributed by atoms with E-state index in [1.165, 1.54) is 16.4 Å². The Morgan fingerprint density at radius 1 is 0.909 bits per heavy atom. The monoisotopic (exact) mass is 466 g/mol. The standard InChI is InChI=1S/C24H26N4O4S/c1-17-22(18(2)28(26-17)19-11-5-3-6-12-19)23(29)24(30)25-20-13-7-8-14-21(20)33(31,32)27-15-9-4-10-16-27/h3,5-8,11-14H,4,9-10,15-16H2,1-2H3,(H,25,30). The van der Waals surface area contributed by atoms with Crippen LogP contribution >= 0.6 is 0 Å². The average molecular weight is 467 g/mol. The smallest absolute Gasteiger partial charge is 0.296 e. The molecule has 1 fully saturated rings. The molecule has 0 atom stereocenters. The Morgan fingerprint density at radius 3 is 2.24 bits per heavy atom. The van der Waals surface area contributed by atoms with Crippen molar-refractivity contribution in [2.75, 3.05) is 18.4 Å². The van der Waals surface area contributed by atoms with Crippen LogP contribution in [0.15, 0.2) is 59.5 Å². The minimum atomic E-state index is -3.79. The fraction of sp³-hybridized carbons (Fsp3) is 0.292. The highest BCUT2D eigenvalue weighted by molar-refractivity contribution is 7.89. The quantitative estimate of drug-likeness (QED) is 0.443. The van der Waals surface area contributed by atoms with Crippen LogP contribution in [0.4, 0.5) is 5.69 Å². The van der Waals surface area contributed by atoms with E-state index in [0.717, 1.165) is 24.9 Å². The lowest BCUT2D eigenvalue weighted by Crippen LogP contribution is -2.36. The number of carbonyl (C=O) groups excluding carboxylic acids is 2. The predicted octanol–water partition coefficient (Wildman–Crippen LogP) is 3.49. The van der Waals surface area contributed by atoms with Crippen molar-refractivity contribution in [3.05, 3.63) is 71.5 Å². The van der Waals surface area contributed by atoms with E-state index in [-0.39, 0.29) is 16.1 Å². The number of Topliss-reactive ketones (excluding diaryl/α,β-unsaturated/α-hetero) is 1. The maximum absolute atomic E-state index is 13.2. The summed E-state index contributed by atoms with van der Waals surface area (Å²) in [6, 6.07) is 15.5. The largest absolute Gasteiger partial charge is 0.318 e. The van der Waals surface area contributed by atoms with Gasteiger partial charge in [-0.2, -0.15) is 9.40 Å². The molecule has 1 aliphatic heterocycles. The highest BCUT2D eigenvalue weighted by atomic mass is 32.2. The molecule has 1 N–H and O–H groups in total. The van der Waals surface area contributed by atoms with Gasteiger partial charge in [0.15, 0.2) is 0 Å². The van der Waals surface area contributed by atoms with Gasteiger partial charge in [-0.3, -0.25) is 9.59 Å². The summed E-state index contributed by atoms with van der Waals surface area (Å²) in [6.07, 6.45) is 2.60. The number of sulfonamides is 1. The average Bonchev–Trinajstić information content (AvgIpc) is 3.13. The van der Waals surface area contributed by atoms with E-state index >= 15 is 0 Å². The molecule has 172 valence electrons. The molecule has 3 aromatic rings. The number of amides is 1. The van der Waals surface area contributed by atoms with Crippen molar-refractivity contribution in [1.82, 2.24) is 14.1 Å². The van der Waals surface area contributed by atoms with E-state index in [1.807, 2.05) is 30.3 Å². The van der Waals surface area contributed by atoms with E-state index in [1.54, 1.807) is 30.7 Å². The molecule has 0 unspecified atom stereocenters. The second kappa shape index (κ2) is 9.29. The van der Waals surface area contributed by atoms with Crippen molar-refractivity contribution >= 4 is 27.4 Å². The molecule has 0 bridgehead atoms. The number of nitrogens with one attached hydrogen (secondary N) is 1. The Kier molecular flexibility index (Phi) is 6.44. The molecule has 0 aliphatic carbocycles. The minimum absolute atomic E-state index is 0.0125. The summed E-state index contributed by atoms with van der Waals surface area (Å²) in [5, 5.41) is 6.95. The van der Waals surface area contributed by atoms with Gasteiger partial charge in [0, 0.05) is 13.1 Å². The summed E-state index contributed by atoms with van der Waals surface area (Å²) in [5.74, 6) is -1.67. The molecular formula is C24H26N4O4S. The molecule has 33 heavy (non-hydrogen) atoms. The molecule has 0 spiro atoms. The molecule has 1 saturated heterocycles. The molecule has 4 rings (SSSR count). The molecule has 1 amide bonds. The zero-order chi connectivity index (χ0) is 23.6. The number of aromatic nitrogens is 2. The summed E-state index contributed by atoms with van der Waals surface area (Å²) in [4.78, 5) is 26.0. The second-order valence-corrected chi connectivity index (χ2v) is 9.94. The summed E-state index contributed by atoms with van der Waals surface area (Å²) in [5.41, 5.74) is 2.02. The van der Waals surface area contributed by atoms with E-state index < -0.39 is 21.7 Å². The third-order valence-electron chi connectivity index (χ3n) is 5.79. The number of anilines is 1. The van der Waals surface area contributed by atoms with Gasteiger partial charge in [0.2, 0.25) is 10.0 Å². The summed E-state index contributed by atoms with van der Waals surface area (Å²) in [7, 11) is -3.79. The van der Waals surface area contributed by atoms with Gasteiger partial charge < -0.3 is 5.32 Å². The normalized spacial score (nSPS) is 14.7. The van der Waals surface area contributed by atoms with E-state index in [2.05, 4.69) is 10.4 Å². The first kappa shape index (κ1) is 22.9. The van der Waals surface area contributed by atoms with Gasteiger partial charge in [0.1, 0.15) is 4.90 Å². The van der Waals surface area contributed by atoms with Gasteiger partial charge in [-0.15, -0.1) is 0 Å². The fourth-order valence-electron chi connectivity index (χ4n) is 4.12. The first-order valence-corrected chi connectivity index (χ1v) is 12.3. The Balaban J connectivity index is 1.62. The Bertz CT molecular complexity index is 1290. The Hall–Kier alpha value is -3.30. The van der Waals surface area contributed by atoms with Crippen LogP contribution in [0.3, 0.4) is 0 Å². The molecule has 2 aromatic carbocycles. The van der Waals surface area contributed by atoms with Crippen molar-refractivity contribution in [3.8, 4) is 5.69 Å². The van der Waals surface area contributed by atoms with Gasteiger partial charge >= 0.3 is 0 Å². The van der Waals surface area contributed by atoms with Crippen LogP contribution in [0.25, 0.3) is 5.69 Å². The molecule has 8 nitrogen and oxygen atoms in total. The van der Waals surface area contributed by atoms with Crippen LogP contribution < -0.4 is 5.32 Å². The second-order valence-electron chi connectivity index (χ2n) is 8.04. The van der Waals surface area contributed by atoms with Crippen LogP contribution in [0.5, 0.6) is 0 Å². The highest BCUT2D eigenvalue weighted by Crippen LogP contribution is 2.27. The number of benzene rings is 2. The van der Waals surface area contributed by atoms with Crippen LogP contribution in [-0.4, -0.2) is 47.3 Å². The lowest BCUT2D eigenvalue weighted by atomic mass is 10.1. The number of hydrogen-bond acceptors (Lipinski definition) is 5. The number of rotatable bonds is 6. The topological polar surface area (TPSA) is 101 Å². The molecule has 0 radical (unpaired) electrons. The molecule has 0 saturated carbocycles. The summed E-state index contributed by atoms with van der Waals surface area (Å²) >= 11 is 0. The number of hydrogen-bond donors (Lipinski definition) is 1. The molecule has 1 aromatic heterocycles. The fourth-order valence-corrected chi connectivity index (χ4v) is 5.79. The lowest BCUT2D eigenvalue weighted by molar-refractivity contribution is -0.112. The van der Waals surface area contributed by atoms with Crippen molar-refractivity contribution in [2.24, 2.45) is 0 Å². The third-order valence-corrected chi connectivity index (χ3v) is 7.75. The molecular weight excluding hydrogens is 440 g/mol. The molecule has 9 heteroatoms. The Labute approximate surface area is 193 Å². The molecule has 1 aliphatic rings. The maximum atomic E-state index is 13.2. The van der Waals surface area contributed by atoms with Crippen molar-refractivity contribution in [2.45, 2.75) is 38.0 Å². The lowest BCUT2D eigenvalue weighted by Gasteiger charge is -2.26. The van der Waals surface area contributed by atoms with Crippen molar-refractivity contribution in [3.63, 3.8) is 0 Å². The maximum Gasteiger partial charge on any atom is 0.296 e. The minimum Gasteiger partial charge on any atom is -0.318 e. The number of aryl methyl sites for hydroxylation is 1. The van der Waals surface area contributed by atoms with Crippen LogP contribution in [0.2, 0.25) is 0 Å². The van der Waals surface area contributed by atoms with Crippen molar-refractivity contribution < 1.29 is 18.0 Å². The van der Waals surface area contributed by atoms with E-state index in [4.69, 9.17) is 0 Å². The first-order valence-electron chi connectivity index (χ1n) is 10.9. The first-order chi connectivity index (χ1) is 15.8. The van der Waals surface area contributed by atoms with Gasteiger partial charge in [0.05, 0.1) is 28.3 Å².